The second-order valence-electron chi connectivity index (χ2n) is 7.05. The smallest absolute Gasteiger partial charge is 0.237 e. The minimum Gasteiger partial charge on any atom is -0.325 e. The first kappa shape index (κ1) is 22.6. The lowest BCUT2D eigenvalue weighted by Crippen LogP contribution is -2.23. The number of hydrogen-bond acceptors (Lipinski definition) is 5. The molecule has 0 aliphatic heterocycles. The van der Waals surface area contributed by atoms with Gasteiger partial charge in [0.25, 0.3) is 0 Å². The Hall–Kier alpha value is -2.06. The summed E-state index contributed by atoms with van der Waals surface area (Å²) in [4.78, 5) is 14.8. The van der Waals surface area contributed by atoms with Crippen molar-refractivity contribution < 1.29 is 4.79 Å². The van der Waals surface area contributed by atoms with Gasteiger partial charge in [0.1, 0.15) is 0 Å². The van der Waals surface area contributed by atoms with Crippen LogP contribution in [0.15, 0.2) is 53.7 Å². The maximum Gasteiger partial charge on any atom is 0.237 e. The molecule has 9 heteroatoms. The lowest BCUT2D eigenvalue weighted by Gasteiger charge is -2.21. The summed E-state index contributed by atoms with van der Waals surface area (Å²) in [6.07, 6.45) is 0. The van der Waals surface area contributed by atoms with Gasteiger partial charge in [0.05, 0.1) is 11.3 Å². The third-order valence-corrected chi connectivity index (χ3v) is 6.16. The molecule has 0 aliphatic rings. The van der Waals surface area contributed by atoms with Crippen LogP contribution in [0.3, 0.4) is 0 Å². The van der Waals surface area contributed by atoms with E-state index in [1.807, 2.05) is 49.9 Å². The summed E-state index contributed by atoms with van der Waals surface area (Å²) in [6, 6.07) is 14.6. The summed E-state index contributed by atoms with van der Waals surface area (Å²) in [7, 11) is 3.97. The van der Waals surface area contributed by atoms with Crippen molar-refractivity contribution in [1.29, 1.82) is 0 Å². The fourth-order valence-electron chi connectivity index (χ4n) is 2.71. The summed E-state index contributed by atoms with van der Waals surface area (Å²) in [5, 5.41) is 13.1. The number of carbonyl (C=O) groups excluding carboxylic acids is 1. The zero-order valence-corrected chi connectivity index (χ0v) is 19.5. The Balaban J connectivity index is 1.87. The molecule has 0 bridgehead atoms. The van der Waals surface area contributed by atoms with Crippen molar-refractivity contribution >= 4 is 46.6 Å². The van der Waals surface area contributed by atoms with Crippen molar-refractivity contribution in [2.24, 2.45) is 0 Å². The molecule has 3 aromatic rings. The minimum absolute atomic E-state index is 0.0260. The molecule has 158 valence electrons. The average Bonchev–Trinajstić information content (AvgIpc) is 3.11. The number of benzene rings is 2. The zero-order chi connectivity index (χ0) is 21.8. The minimum atomic E-state index is -0.401. The van der Waals surface area contributed by atoms with Crippen LogP contribution in [-0.4, -0.2) is 44.9 Å². The highest BCUT2D eigenvalue weighted by atomic mass is 35.5. The van der Waals surface area contributed by atoms with E-state index in [9.17, 15) is 4.79 Å². The van der Waals surface area contributed by atoms with Gasteiger partial charge < -0.3 is 5.32 Å². The number of nitrogens with one attached hydrogen (secondary N) is 1. The lowest BCUT2D eigenvalue weighted by molar-refractivity contribution is -0.115. The molecule has 1 N–H and O–H groups in total. The molecule has 0 spiro atoms. The Bertz CT molecular complexity index is 1020. The fourth-order valence-corrected chi connectivity index (χ4v) is 3.90. The van der Waals surface area contributed by atoms with Gasteiger partial charge in [0.2, 0.25) is 5.91 Å². The van der Waals surface area contributed by atoms with Crippen LogP contribution in [0, 0.1) is 0 Å². The number of halogens is 2. The summed E-state index contributed by atoms with van der Waals surface area (Å²) < 4.78 is 1.97. The molecule has 2 atom stereocenters. The Morgan fingerprint density at radius 3 is 2.40 bits per heavy atom. The molecule has 0 saturated carbocycles. The van der Waals surface area contributed by atoms with Crippen LogP contribution in [-0.2, 0) is 4.79 Å². The maximum absolute atomic E-state index is 12.7. The molecule has 0 radical (unpaired) electrons. The van der Waals surface area contributed by atoms with Crippen LogP contribution in [0.4, 0.5) is 5.69 Å². The quantitative estimate of drug-likeness (QED) is 0.480. The van der Waals surface area contributed by atoms with E-state index in [-0.39, 0.29) is 11.9 Å². The predicted octanol–water partition coefficient (Wildman–Crippen LogP) is 5.32. The highest BCUT2D eigenvalue weighted by molar-refractivity contribution is 8.00. The second-order valence-corrected chi connectivity index (χ2v) is 9.23. The number of rotatable bonds is 7. The van der Waals surface area contributed by atoms with Gasteiger partial charge in [0, 0.05) is 21.4 Å². The van der Waals surface area contributed by atoms with Gasteiger partial charge >= 0.3 is 0 Å². The molecule has 30 heavy (non-hydrogen) atoms. The van der Waals surface area contributed by atoms with Crippen molar-refractivity contribution in [3.8, 4) is 5.69 Å². The van der Waals surface area contributed by atoms with Crippen molar-refractivity contribution in [1.82, 2.24) is 19.7 Å². The number of aromatic nitrogens is 3. The van der Waals surface area contributed by atoms with E-state index in [4.69, 9.17) is 23.2 Å². The van der Waals surface area contributed by atoms with E-state index < -0.39 is 5.25 Å². The SMILES string of the molecule is C[C@@H](Sc1nnc([C@H](C)N(C)C)n1-c1ccc(Cl)cc1)C(=O)Nc1cccc(Cl)c1. The average molecular weight is 464 g/mol. The van der Waals surface area contributed by atoms with Crippen molar-refractivity contribution in [2.45, 2.75) is 30.3 Å². The lowest BCUT2D eigenvalue weighted by atomic mass is 10.2. The third kappa shape index (κ3) is 5.35. The number of thioether (sulfide) groups is 1. The second kappa shape index (κ2) is 9.83. The van der Waals surface area contributed by atoms with E-state index in [0.717, 1.165) is 11.5 Å². The number of nitrogens with zero attached hydrogens (tertiary/aromatic N) is 4. The van der Waals surface area contributed by atoms with Gasteiger partial charge in [-0.05, 0) is 70.4 Å². The first-order valence-corrected chi connectivity index (χ1v) is 11.0. The van der Waals surface area contributed by atoms with Crippen molar-refractivity contribution in [2.75, 3.05) is 19.4 Å². The van der Waals surface area contributed by atoms with Gasteiger partial charge in [-0.15, -0.1) is 10.2 Å². The Morgan fingerprint density at radius 2 is 1.77 bits per heavy atom. The first-order chi connectivity index (χ1) is 14.3. The van der Waals surface area contributed by atoms with Crippen LogP contribution in [0.2, 0.25) is 10.0 Å². The van der Waals surface area contributed by atoms with Crippen LogP contribution in [0.5, 0.6) is 0 Å². The molecule has 0 fully saturated rings. The van der Waals surface area contributed by atoms with E-state index in [0.29, 0.717) is 20.9 Å². The number of amides is 1. The number of anilines is 1. The summed E-state index contributed by atoms with van der Waals surface area (Å²) in [6.45, 7) is 3.89. The standard InChI is InChI=1S/C21H23Cl2N5OS/c1-13(27(3)4)19-25-26-21(28(19)18-10-8-15(22)9-11-18)30-14(2)20(29)24-17-7-5-6-16(23)12-17/h5-14H,1-4H3,(H,24,29)/t13-,14+/m0/s1. The van der Waals surface area contributed by atoms with Gasteiger partial charge in [-0.2, -0.15) is 0 Å². The molecule has 3 rings (SSSR count). The van der Waals surface area contributed by atoms with E-state index in [2.05, 4.69) is 27.3 Å². The zero-order valence-electron chi connectivity index (χ0n) is 17.1. The van der Waals surface area contributed by atoms with E-state index in [1.165, 1.54) is 11.8 Å². The summed E-state index contributed by atoms with van der Waals surface area (Å²) in [5.41, 5.74) is 1.54. The van der Waals surface area contributed by atoms with Crippen LogP contribution in [0.1, 0.15) is 25.7 Å². The number of hydrogen-bond donors (Lipinski definition) is 1. The van der Waals surface area contributed by atoms with Gasteiger partial charge in [-0.3, -0.25) is 14.3 Å². The maximum atomic E-state index is 12.7. The third-order valence-electron chi connectivity index (χ3n) is 4.64. The first-order valence-electron chi connectivity index (χ1n) is 9.37. The molecule has 1 heterocycles. The molecular formula is C21H23Cl2N5OS. The predicted molar refractivity (Wildman–Crippen MR) is 124 cm³/mol. The molecule has 0 saturated heterocycles. The highest BCUT2D eigenvalue weighted by Gasteiger charge is 2.24. The molecular weight excluding hydrogens is 441 g/mol. The molecule has 0 unspecified atom stereocenters. The molecule has 6 nitrogen and oxygen atoms in total. The topological polar surface area (TPSA) is 63.1 Å². The largest absolute Gasteiger partial charge is 0.325 e. The van der Waals surface area contributed by atoms with Crippen molar-refractivity contribution in [3.05, 3.63) is 64.4 Å². The monoisotopic (exact) mass is 463 g/mol. The van der Waals surface area contributed by atoms with Gasteiger partial charge in [-0.25, -0.2) is 0 Å². The van der Waals surface area contributed by atoms with E-state index >= 15 is 0 Å². The van der Waals surface area contributed by atoms with Crippen LogP contribution < -0.4 is 5.32 Å². The fraction of sp³-hybridized carbons (Fsp3) is 0.286. The summed E-state index contributed by atoms with van der Waals surface area (Å²) >= 11 is 13.4. The van der Waals surface area contributed by atoms with Crippen LogP contribution >= 0.6 is 35.0 Å². The molecule has 1 amide bonds. The Kier molecular flexibility index (Phi) is 7.41. The highest BCUT2D eigenvalue weighted by Crippen LogP contribution is 2.30. The van der Waals surface area contributed by atoms with Gasteiger partial charge in [0.15, 0.2) is 11.0 Å². The number of carbonyl (C=O) groups is 1. The Labute approximate surface area is 190 Å². The van der Waals surface area contributed by atoms with E-state index in [1.54, 1.807) is 24.3 Å². The van der Waals surface area contributed by atoms with Crippen LogP contribution in [0.25, 0.3) is 5.69 Å². The van der Waals surface area contributed by atoms with Gasteiger partial charge in [-0.1, -0.05) is 41.0 Å². The molecule has 0 aliphatic carbocycles. The molecule has 2 aromatic carbocycles. The normalized spacial score (nSPS) is 13.3. The Morgan fingerprint density at radius 1 is 1.07 bits per heavy atom. The summed E-state index contributed by atoms with van der Waals surface area (Å²) in [5.74, 6) is 0.641. The molecule has 1 aromatic heterocycles. The van der Waals surface area contributed by atoms with Crippen molar-refractivity contribution in [3.63, 3.8) is 0 Å².